The Morgan fingerprint density at radius 1 is 1.18 bits per heavy atom. The number of amides is 2. The highest BCUT2D eigenvalue weighted by molar-refractivity contribution is 5.98. The van der Waals surface area contributed by atoms with Crippen molar-refractivity contribution < 1.29 is 9.59 Å². The molecule has 1 aromatic rings. The molecule has 22 heavy (non-hydrogen) atoms. The first kappa shape index (κ1) is 18.5. The van der Waals surface area contributed by atoms with E-state index in [0.717, 1.165) is 12.8 Å². The van der Waals surface area contributed by atoms with Crippen LogP contribution < -0.4 is 11.1 Å². The quantitative estimate of drug-likeness (QED) is 0.885. The topological polar surface area (TPSA) is 75.4 Å². The highest BCUT2D eigenvalue weighted by Crippen LogP contribution is 2.15. The molecular weight excluding hydrogens is 302 g/mol. The van der Waals surface area contributed by atoms with Gasteiger partial charge in [-0.3, -0.25) is 9.59 Å². The molecule has 1 aliphatic heterocycles. The van der Waals surface area contributed by atoms with Crippen molar-refractivity contribution in [3.63, 3.8) is 0 Å². The minimum Gasteiger partial charge on any atom is -0.341 e. The average molecular weight is 326 g/mol. The van der Waals surface area contributed by atoms with Crippen LogP contribution in [-0.2, 0) is 4.79 Å². The predicted molar refractivity (Wildman–Crippen MR) is 89.0 cm³/mol. The lowest BCUT2D eigenvalue weighted by molar-refractivity contribution is -0.137. The lowest BCUT2D eigenvalue weighted by Gasteiger charge is -2.36. The molecule has 0 radical (unpaired) electrons. The number of hydrogen-bond donors (Lipinski definition) is 2. The summed E-state index contributed by atoms with van der Waals surface area (Å²) in [5.41, 5.74) is 5.49. The van der Waals surface area contributed by atoms with Gasteiger partial charge in [0.25, 0.3) is 5.91 Å². The Kier molecular flexibility index (Phi) is 6.38. The van der Waals surface area contributed by atoms with Gasteiger partial charge in [-0.1, -0.05) is 18.2 Å². The monoisotopic (exact) mass is 325 g/mol. The van der Waals surface area contributed by atoms with Crippen LogP contribution in [0.4, 0.5) is 0 Å². The highest BCUT2D eigenvalue weighted by atomic mass is 35.5. The Morgan fingerprint density at radius 3 is 2.27 bits per heavy atom. The second-order valence-corrected chi connectivity index (χ2v) is 6.07. The number of nitrogens with one attached hydrogen (secondary N) is 1. The molecule has 1 heterocycles. The number of rotatable bonds is 3. The standard InChI is InChI=1S/C16H23N3O2.ClH/c1-16(2,15(21)19-10-8-13(17)9-11-19)18-14(20)12-6-4-3-5-7-12;/h3-7,13H,8-11,17H2,1-2H3,(H,18,20);1H. The third kappa shape index (κ3) is 4.45. The van der Waals surface area contributed by atoms with Crippen molar-refractivity contribution in [1.29, 1.82) is 0 Å². The summed E-state index contributed by atoms with van der Waals surface area (Å²) in [7, 11) is 0. The van der Waals surface area contributed by atoms with E-state index >= 15 is 0 Å². The molecular formula is C16H24ClN3O2. The van der Waals surface area contributed by atoms with Crippen LogP contribution >= 0.6 is 12.4 Å². The third-order valence-electron chi connectivity index (χ3n) is 3.82. The zero-order valence-electron chi connectivity index (χ0n) is 13.0. The van der Waals surface area contributed by atoms with E-state index in [9.17, 15) is 9.59 Å². The number of piperidine rings is 1. The number of carbonyl (C=O) groups is 2. The molecule has 0 atom stereocenters. The fourth-order valence-corrected chi connectivity index (χ4v) is 2.50. The Balaban J connectivity index is 0.00000242. The molecule has 3 N–H and O–H groups in total. The van der Waals surface area contributed by atoms with Crippen LogP contribution in [0.3, 0.4) is 0 Å². The van der Waals surface area contributed by atoms with E-state index in [1.54, 1.807) is 43.0 Å². The van der Waals surface area contributed by atoms with E-state index in [-0.39, 0.29) is 30.3 Å². The first-order valence-electron chi connectivity index (χ1n) is 7.32. The van der Waals surface area contributed by atoms with Gasteiger partial charge in [0, 0.05) is 24.7 Å². The van der Waals surface area contributed by atoms with Gasteiger partial charge in [0.2, 0.25) is 5.91 Å². The minimum absolute atomic E-state index is 0. The first-order valence-corrected chi connectivity index (χ1v) is 7.32. The molecule has 6 heteroatoms. The summed E-state index contributed by atoms with van der Waals surface area (Å²) in [6, 6.07) is 9.09. The molecule has 0 aliphatic carbocycles. The molecule has 0 unspecified atom stereocenters. The number of nitrogens with zero attached hydrogens (tertiary/aromatic N) is 1. The Labute approximate surface area is 137 Å². The van der Waals surface area contributed by atoms with Gasteiger partial charge in [-0.15, -0.1) is 12.4 Å². The van der Waals surface area contributed by atoms with Gasteiger partial charge in [-0.25, -0.2) is 0 Å². The van der Waals surface area contributed by atoms with Gasteiger partial charge in [-0.2, -0.15) is 0 Å². The summed E-state index contributed by atoms with van der Waals surface area (Å²) in [4.78, 5) is 26.5. The van der Waals surface area contributed by atoms with Gasteiger partial charge in [0.05, 0.1) is 0 Å². The summed E-state index contributed by atoms with van der Waals surface area (Å²) in [6.45, 7) is 4.80. The van der Waals surface area contributed by atoms with E-state index in [1.807, 2.05) is 6.07 Å². The maximum Gasteiger partial charge on any atom is 0.252 e. The maximum absolute atomic E-state index is 12.6. The van der Waals surface area contributed by atoms with Crippen molar-refractivity contribution in [2.75, 3.05) is 13.1 Å². The SMILES string of the molecule is CC(C)(NC(=O)c1ccccc1)C(=O)N1CCC(N)CC1.Cl. The number of hydrogen-bond acceptors (Lipinski definition) is 3. The van der Waals surface area contributed by atoms with Gasteiger partial charge in [-0.05, 0) is 38.8 Å². The van der Waals surface area contributed by atoms with Crippen LogP contribution in [0.2, 0.25) is 0 Å². The number of likely N-dealkylation sites (tertiary alicyclic amines) is 1. The molecule has 1 aromatic carbocycles. The number of carbonyl (C=O) groups excluding carboxylic acids is 2. The summed E-state index contributed by atoms with van der Waals surface area (Å²) < 4.78 is 0. The summed E-state index contributed by atoms with van der Waals surface area (Å²) in [5, 5.41) is 2.82. The van der Waals surface area contributed by atoms with Crippen molar-refractivity contribution in [2.24, 2.45) is 5.73 Å². The van der Waals surface area contributed by atoms with Crippen molar-refractivity contribution in [3.05, 3.63) is 35.9 Å². The van der Waals surface area contributed by atoms with Gasteiger partial charge < -0.3 is 16.0 Å². The normalized spacial score (nSPS) is 15.9. The Hall–Kier alpha value is -1.59. The summed E-state index contributed by atoms with van der Waals surface area (Å²) in [6.07, 6.45) is 1.63. The molecule has 0 aromatic heterocycles. The lowest BCUT2D eigenvalue weighted by atomic mass is 9.99. The zero-order chi connectivity index (χ0) is 15.5. The fourth-order valence-electron chi connectivity index (χ4n) is 2.50. The lowest BCUT2D eigenvalue weighted by Crippen LogP contribution is -2.58. The second kappa shape index (κ2) is 7.61. The predicted octanol–water partition coefficient (Wildman–Crippen LogP) is 1.57. The number of benzene rings is 1. The van der Waals surface area contributed by atoms with E-state index < -0.39 is 5.54 Å². The fraction of sp³-hybridized carbons (Fsp3) is 0.500. The van der Waals surface area contributed by atoms with Crippen LogP contribution in [-0.4, -0.2) is 41.4 Å². The zero-order valence-corrected chi connectivity index (χ0v) is 13.9. The molecule has 1 saturated heterocycles. The van der Waals surface area contributed by atoms with E-state index in [4.69, 9.17) is 5.73 Å². The van der Waals surface area contributed by atoms with Crippen LogP contribution in [0, 0.1) is 0 Å². The number of halogens is 1. The van der Waals surface area contributed by atoms with Crippen molar-refractivity contribution in [1.82, 2.24) is 10.2 Å². The molecule has 5 nitrogen and oxygen atoms in total. The third-order valence-corrected chi connectivity index (χ3v) is 3.82. The molecule has 122 valence electrons. The Morgan fingerprint density at radius 2 is 1.73 bits per heavy atom. The average Bonchev–Trinajstić information content (AvgIpc) is 2.48. The molecule has 0 spiro atoms. The van der Waals surface area contributed by atoms with Crippen molar-refractivity contribution in [3.8, 4) is 0 Å². The van der Waals surface area contributed by atoms with Crippen LogP contribution in [0.1, 0.15) is 37.0 Å². The van der Waals surface area contributed by atoms with Crippen LogP contribution in [0.25, 0.3) is 0 Å². The molecule has 0 bridgehead atoms. The smallest absolute Gasteiger partial charge is 0.252 e. The van der Waals surface area contributed by atoms with E-state index in [2.05, 4.69) is 5.32 Å². The van der Waals surface area contributed by atoms with E-state index in [0.29, 0.717) is 18.7 Å². The summed E-state index contributed by atoms with van der Waals surface area (Å²) in [5.74, 6) is -0.290. The largest absolute Gasteiger partial charge is 0.341 e. The maximum atomic E-state index is 12.6. The molecule has 1 fully saturated rings. The molecule has 2 amide bonds. The van der Waals surface area contributed by atoms with Gasteiger partial charge >= 0.3 is 0 Å². The Bertz CT molecular complexity index is 511. The second-order valence-electron chi connectivity index (χ2n) is 6.07. The van der Waals surface area contributed by atoms with E-state index in [1.165, 1.54) is 0 Å². The highest BCUT2D eigenvalue weighted by Gasteiger charge is 2.35. The first-order chi connectivity index (χ1) is 9.90. The van der Waals surface area contributed by atoms with Crippen LogP contribution in [0.15, 0.2) is 30.3 Å². The number of nitrogens with two attached hydrogens (primary N) is 1. The molecule has 2 rings (SSSR count). The summed E-state index contributed by atoms with van der Waals surface area (Å²) >= 11 is 0. The van der Waals surface area contributed by atoms with Crippen LogP contribution in [0.5, 0.6) is 0 Å². The van der Waals surface area contributed by atoms with Crippen molar-refractivity contribution >= 4 is 24.2 Å². The van der Waals surface area contributed by atoms with Crippen molar-refractivity contribution in [2.45, 2.75) is 38.3 Å². The minimum atomic E-state index is -0.922. The van der Waals surface area contributed by atoms with Gasteiger partial charge in [0.15, 0.2) is 0 Å². The van der Waals surface area contributed by atoms with Gasteiger partial charge in [0.1, 0.15) is 5.54 Å². The molecule has 1 aliphatic rings. The molecule has 0 saturated carbocycles.